The van der Waals surface area contributed by atoms with E-state index in [1.807, 2.05) is 0 Å². The third-order valence-corrected chi connectivity index (χ3v) is 0. The Balaban J connectivity index is -0.00000000408. The van der Waals surface area contributed by atoms with E-state index >= 15 is 0 Å². The standard InChI is InChI=1S/7C2H4.CH4.2H2/c7*1-2;;;/h7*1-2H2;1H4;2*1H/i;;;;;;;;2*1+2. The van der Waals surface area contributed by atoms with Crippen LogP contribution in [0.4, 0.5) is 0 Å². The molecule has 0 unspecified atom stereocenters. The maximum absolute atomic E-state index is 3.00. The van der Waals surface area contributed by atoms with Crippen molar-refractivity contribution in [2.45, 2.75) is 7.43 Å². The second-order valence-corrected chi connectivity index (χ2v) is 0. The molecule has 0 aliphatic rings. The Bertz CT molecular complexity index is 28.5. The van der Waals surface area contributed by atoms with Gasteiger partial charge in [-0.2, -0.15) is 0 Å². The summed E-state index contributed by atoms with van der Waals surface area (Å²) in [6.07, 6.45) is 0. The molecule has 0 N–H and O–H groups in total. The van der Waals surface area contributed by atoms with Gasteiger partial charge in [-0.05, 0) is 0 Å². The average molecular weight is 220 g/mol. The van der Waals surface area contributed by atoms with E-state index < -0.39 is 0 Å². The van der Waals surface area contributed by atoms with E-state index in [2.05, 4.69) is 92.1 Å². The van der Waals surface area contributed by atoms with E-state index in [9.17, 15) is 0 Å². The van der Waals surface area contributed by atoms with Crippen LogP contribution in [0, 0.1) is 0 Å². The minimum atomic E-state index is 0. The molecule has 0 amide bonds. The Morgan fingerprint density at radius 1 is 0.267 bits per heavy atom. The van der Waals surface area contributed by atoms with Crippen molar-refractivity contribution in [2.24, 2.45) is 0 Å². The van der Waals surface area contributed by atoms with Gasteiger partial charge in [-0.1, -0.05) is 7.43 Å². The molecule has 0 heterocycles. The van der Waals surface area contributed by atoms with E-state index in [0.29, 0.717) is 0 Å². The van der Waals surface area contributed by atoms with Crippen LogP contribution in [0.25, 0.3) is 0 Å². The highest BCUT2D eigenvalue weighted by Crippen LogP contribution is 0.874. The third-order valence-electron chi connectivity index (χ3n) is 0. The largest absolute Gasteiger partial charge is 0.106 e. The summed E-state index contributed by atoms with van der Waals surface area (Å²) >= 11 is 0. The van der Waals surface area contributed by atoms with Gasteiger partial charge in [0.2, 0.25) is 0 Å². The summed E-state index contributed by atoms with van der Waals surface area (Å²) in [7, 11) is 0. The van der Waals surface area contributed by atoms with Gasteiger partial charge in [0.15, 0.2) is 0 Å². The molecule has 0 spiro atoms. The first kappa shape index (κ1) is 72.9. The van der Waals surface area contributed by atoms with Crippen molar-refractivity contribution in [3.05, 3.63) is 92.1 Å². The van der Waals surface area contributed by atoms with Crippen LogP contribution < -0.4 is 0 Å². The van der Waals surface area contributed by atoms with E-state index in [0.717, 1.165) is 0 Å². The van der Waals surface area contributed by atoms with Crippen molar-refractivity contribution in [1.82, 2.24) is 0 Å². The lowest BCUT2D eigenvalue weighted by atomic mass is 11.3. The molecule has 0 nitrogen and oxygen atoms in total. The molecule has 0 atom stereocenters. The van der Waals surface area contributed by atoms with Crippen molar-refractivity contribution in [3.8, 4) is 0 Å². The summed E-state index contributed by atoms with van der Waals surface area (Å²) in [4.78, 5) is 0. The van der Waals surface area contributed by atoms with Crippen LogP contribution in [-0.4, -0.2) is 0 Å². The normalized spacial score (nSPS) is 1.87. The van der Waals surface area contributed by atoms with Crippen molar-refractivity contribution in [1.29, 1.82) is 0 Å². The van der Waals surface area contributed by atoms with Gasteiger partial charge in [0, 0.05) is 2.85 Å². The van der Waals surface area contributed by atoms with Crippen LogP contribution in [0.3, 0.4) is 0 Å². The zero-order valence-electron chi connectivity index (χ0n) is 9.90. The average Bonchev–Trinajstić information content (AvgIpc) is 2.45. The molecular weight excluding hydrogens is 180 g/mol. The van der Waals surface area contributed by atoms with Crippen LogP contribution in [-0.2, 0) is 0 Å². The minimum Gasteiger partial charge on any atom is -0.106 e. The summed E-state index contributed by atoms with van der Waals surface area (Å²) in [5.74, 6) is 0. The molecule has 0 aliphatic heterocycles. The van der Waals surface area contributed by atoms with Crippen LogP contribution in [0.15, 0.2) is 92.1 Å². The zero-order chi connectivity index (χ0) is 14.0. The first-order valence-electron chi connectivity index (χ1n) is 3.50. The molecule has 0 aromatic rings. The fourth-order valence-electron chi connectivity index (χ4n) is 0. The fraction of sp³-hybridized carbons (Fsp3) is 0.0667. The molecule has 0 aromatic carbocycles. The van der Waals surface area contributed by atoms with E-state index in [1.54, 1.807) is 0 Å². The van der Waals surface area contributed by atoms with Gasteiger partial charge in [-0.3, -0.25) is 0 Å². The Kier molecular flexibility index (Phi) is 2230. The summed E-state index contributed by atoms with van der Waals surface area (Å²) < 4.78 is 0. The molecule has 0 aromatic heterocycles. The lowest BCUT2D eigenvalue weighted by Crippen LogP contribution is -0.552. The smallest absolute Gasteiger partial charge is 0 e. The molecular formula is C15H36. The van der Waals surface area contributed by atoms with Crippen LogP contribution in [0.2, 0.25) is 0 Å². The van der Waals surface area contributed by atoms with Gasteiger partial charge in [0.05, 0.1) is 0 Å². The molecule has 0 aliphatic carbocycles. The van der Waals surface area contributed by atoms with Crippen molar-refractivity contribution in [3.63, 3.8) is 0 Å². The summed E-state index contributed by atoms with van der Waals surface area (Å²) in [6, 6.07) is 0. The number of rotatable bonds is 0. The molecule has 96 valence electrons. The Labute approximate surface area is 103 Å². The van der Waals surface area contributed by atoms with Crippen LogP contribution >= 0.6 is 0 Å². The van der Waals surface area contributed by atoms with Crippen molar-refractivity contribution < 1.29 is 2.85 Å². The summed E-state index contributed by atoms with van der Waals surface area (Å²) in [5.41, 5.74) is 0. The first-order chi connectivity index (χ1) is 7.00. The molecule has 0 heteroatoms. The number of hydrogen-bond donors (Lipinski definition) is 0. The fourth-order valence-corrected chi connectivity index (χ4v) is 0. The molecule has 0 rings (SSSR count). The number of hydrogen-bond acceptors (Lipinski definition) is 0. The van der Waals surface area contributed by atoms with E-state index in [1.165, 1.54) is 0 Å². The molecule has 0 saturated heterocycles. The van der Waals surface area contributed by atoms with Gasteiger partial charge in [0.1, 0.15) is 0 Å². The first-order valence-corrected chi connectivity index (χ1v) is 3.50. The maximum Gasteiger partial charge on any atom is 0 e. The van der Waals surface area contributed by atoms with Crippen LogP contribution in [0.5, 0.6) is 0 Å². The second kappa shape index (κ2) is 460. The summed E-state index contributed by atoms with van der Waals surface area (Å²) in [6.45, 7) is 42.0. The highest BCUT2D eigenvalue weighted by atomic mass is 12.7. The quantitative estimate of drug-likeness (QED) is 0.396. The Morgan fingerprint density at radius 3 is 0.267 bits per heavy atom. The van der Waals surface area contributed by atoms with Gasteiger partial charge in [0.25, 0.3) is 0 Å². The lowest BCUT2D eigenvalue weighted by Gasteiger charge is -0.813. The predicted octanol–water partition coefficient (Wildman–Crippen LogP) is 6.74. The van der Waals surface area contributed by atoms with Crippen molar-refractivity contribution >= 4 is 0 Å². The monoisotopic (exact) mass is 220 g/mol. The Hall–Kier alpha value is -1.82. The highest BCUT2D eigenvalue weighted by Gasteiger charge is 0.613. The van der Waals surface area contributed by atoms with Gasteiger partial charge in [-0.25, -0.2) is 0 Å². The molecule has 0 saturated carbocycles. The van der Waals surface area contributed by atoms with Crippen LogP contribution in [0.1, 0.15) is 10.3 Å². The zero-order valence-corrected chi connectivity index (χ0v) is 9.90. The molecule has 0 bridgehead atoms. The molecule has 15 heavy (non-hydrogen) atoms. The Morgan fingerprint density at radius 2 is 0.267 bits per heavy atom. The van der Waals surface area contributed by atoms with Gasteiger partial charge < -0.3 is 0 Å². The predicted molar refractivity (Wildman–Crippen MR) is 89.7 cm³/mol. The van der Waals surface area contributed by atoms with E-state index in [4.69, 9.17) is 0 Å². The summed E-state index contributed by atoms with van der Waals surface area (Å²) in [5, 5.41) is 0. The van der Waals surface area contributed by atoms with Gasteiger partial charge >= 0.3 is 0 Å². The molecule has 0 radical (unpaired) electrons. The van der Waals surface area contributed by atoms with E-state index in [-0.39, 0.29) is 10.3 Å². The van der Waals surface area contributed by atoms with Crippen molar-refractivity contribution in [2.75, 3.05) is 0 Å². The highest BCUT2D eigenvalue weighted by molar-refractivity contribution is 4.23. The van der Waals surface area contributed by atoms with Gasteiger partial charge in [-0.15, -0.1) is 92.1 Å². The lowest BCUT2D eigenvalue weighted by molar-refractivity contribution is 2.50. The SMILES string of the molecule is C.C=C.C=C.C=C.C=C.C=C.C=C.C=C.[3HH].[3HH]. The maximum atomic E-state index is 3.00. The third kappa shape index (κ3) is 381. The second-order valence-electron chi connectivity index (χ2n) is 0. The molecule has 0 fully saturated rings. The topological polar surface area (TPSA) is 0 Å². The minimum absolute atomic E-state index is 0.